The zero-order chi connectivity index (χ0) is 11.1. The third kappa shape index (κ3) is 3.21. The van der Waals surface area contributed by atoms with Gasteiger partial charge in [-0.1, -0.05) is 6.92 Å². The number of carboxylic acid groups (broad SMARTS) is 1. The van der Waals surface area contributed by atoms with Gasteiger partial charge >= 0.3 is 12.1 Å². The highest BCUT2D eigenvalue weighted by atomic mass is 16.5. The van der Waals surface area contributed by atoms with Crippen LogP contribution >= 0.6 is 0 Å². The first-order valence-corrected chi connectivity index (χ1v) is 4.39. The van der Waals surface area contributed by atoms with Gasteiger partial charge in [-0.25, -0.2) is 9.59 Å². The Morgan fingerprint density at radius 2 is 2.07 bits per heavy atom. The van der Waals surface area contributed by atoms with Crippen LogP contribution in [0.2, 0.25) is 0 Å². The summed E-state index contributed by atoms with van der Waals surface area (Å²) in [6.07, 6.45) is -1.68. The maximum Gasteiger partial charge on any atom is 0.411 e. The van der Waals surface area contributed by atoms with Crippen molar-refractivity contribution in [3.8, 4) is 0 Å². The van der Waals surface area contributed by atoms with Gasteiger partial charge in [0.1, 0.15) is 0 Å². The number of likely N-dealkylation sites (N-methyl/N-ethyl adjacent to an activating group) is 2. The van der Waals surface area contributed by atoms with Crippen LogP contribution in [0.15, 0.2) is 0 Å². The van der Waals surface area contributed by atoms with Gasteiger partial charge in [0.2, 0.25) is 0 Å². The van der Waals surface area contributed by atoms with Crippen LogP contribution in [0.5, 0.6) is 0 Å². The van der Waals surface area contributed by atoms with Crippen LogP contribution in [0.1, 0.15) is 13.8 Å². The molecule has 0 saturated heterocycles. The second-order valence-electron chi connectivity index (χ2n) is 2.55. The summed E-state index contributed by atoms with van der Waals surface area (Å²) in [5.41, 5.74) is 0. The van der Waals surface area contributed by atoms with Gasteiger partial charge in [-0.2, -0.15) is 0 Å². The van der Waals surface area contributed by atoms with Crippen LogP contribution in [-0.4, -0.2) is 48.4 Å². The van der Waals surface area contributed by atoms with Crippen LogP contribution in [0, 0.1) is 0 Å². The molecule has 0 saturated carbocycles. The second-order valence-corrected chi connectivity index (χ2v) is 2.55. The lowest BCUT2D eigenvalue weighted by Gasteiger charge is -2.26. The smallest absolute Gasteiger partial charge is 0.411 e. The van der Waals surface area contributed by atoms with Gasteiger partial charge < -0.3 is 9.84 Å². The molecule has 0 aromatic carbocycles. The van der Waals surface area contributed by atoms with Crippen molar-refractivity contribution in [2.24, 2.45) is 0 Å². The first-order chi connectivity index (χ1) is 6.58. The largest absolute Gasteiger partial charge is 0.479 e. The Kier molecular flexibility index (Phi) is 5.62. The van der Waals surface area contributed by atoms with Crippen LogP contribution in [-0.2, 0) is 9.53 Å². The van der Waals surface area contributed by atoms with E-state index < -0.39 is 18.2 Å². The van der Waals surface area contributed by atoms with Gasteiger partial charge in [0.15, 0.2) is 6.17 Å². The molecular formula is C8H16N2O4. The maximum atomic E-state index is 11.2. The van der Waals surface area contributed by atoms with Gasteiger partial charge in [-0.15, -0.1) is 0 Å². The molecule has 2 N–H and O–H groups in total. The van der Waals surface area contributed by atoms with E-state index in [1.165, 1.54) is 7.11 Å². The molecule has 0 aliphatic heterocycles. The Labute approximate surface area is 82.8 Å². The zero-order valence-electron chi connectivity index (χ0n) is 8.61. The fourth-order valence-electron chi connectivity index (χ4n) is 1.06. The molecule has 0 spiro atoms. The van der Waals surface area contributed by atoms with Gasteiger partial charge in [-0.3, -0.25) is 10.2 Å². The van der Waals surface area contributed by atoms with Crippen molar-refractivity contribution in [2.45, 2.75) is 20.0 Å². The lowest BCUT2D eigenvalue weighted by Crippen LogP contribution is -2.53. The third-order valence-electron chi connectivity index (χ3n) is 1.69. The molecule has 82 valence electrons. The maximum absolute atomic E-state index is 11.2. The predicted molar refractivity (Wildman–Crippen MR) is 49.9 cm³/mol. The number of aliphatic carboxylic acids is 1. The van der Waals surface area contributed by atoms with E-state index in [0.717, 1.165) is 4.90 Å². The number of carboxylic acids is 1. The van der Waals surface area contributed by atoms with Crippen molar-refractivity contribution in [3.63, 3.8) is 0 Å². The van der Waals surface area contributed by atoms with Crippen molar-refractivity contribution < 1.29 is 19.4 Å². The number of nitrogens with one attached hydrogen (secondary N) is 1. The molecule has 0 heterocycles. The lowest BCUT2D eigenvalue weighted by atomic mass is 10.4. The average Bonchev–Trinajstić information content (AvgIpc) is 2.16. The summed E-state index contributed by atoms with van der Waals surface area (Å²) in [5.74, 6) is -1.10. The molecule has 0 aromatic rings. The summed E-state index contributed by atoms with van der Waals surface area (Å²) < 4.78 is 4.46. The first-order valence-electron chi connectivity index (χ1n) is 4.39. The molecule has 0 radical (unpaired) electrons. The van der Waals surface area contributed by atoms with Gasteiger partial charge in [0.25, 0.3) is 0 Å². The number of carbonyl (C=O) groups excluding carboxylic acids is 1. The third-order valence-corrected chi connectivity index (χ3v) is 1.69. The number of hydrogen-bond donors (Lipinski definition) is 2. The van der Waals surface area contributed by atoms with Gasteiger partial charge in [-0.05, 0) is 13.5 Å². The average molecular weight is 204 g/mol. The van der Waals surface area contributed by atoms with Crippen molar-refractivity contribution in [1.82, 2.24) is 10.2 Å². The van der Waals surface area contributed by atoms with Crippen LogP contribution in [0.25, 0.3) is 0 Å². The lowest BCUT2D eigenvalue weighted by molar-refractivity contribution is -0.143. The van der Waals surface area contributed by atoms with Crippen molar-refractivity contribution >= 4 is 12.1 Å². The predicted octanol–water partition coefficient (Wildman–Crippen LogP) is 0.0949. The Hall–Kier alpha value is -1.30. The Morgan fingerprint density at radius 1 is 1.50 bits per heavy atom. The molecule has 1 unspecified atom stereocenters. The molecule has 0 aromatic heterocycles. The van der Waals surface area contributed by atoms with Crippen LogP contribution in [0.4, 0.5) is 4.79 Å². The summed E-state index contributed by atoms with van der Waals surface area (Å²) in [7, 11) is 1.22. The Balaban J connectivity index is 4.57. The van der Waals surface area contributed by atoms with E-state index in [-0.39, 0.29) is 6.54 Å². The van der Waals surface area contributed by atoms with Gasteiger partial charge in [0.05, 0.1) is 7.11 Å². The van der Waals surface area contributed by atoms with E-state index >= 15 is 0 Å². The number of carbonyl (C=O) groups is 2. The minimum atomic E-state index is -1.10. The molecule has 6 nitrogen and oxygen atoms in total. The molecule has 0 aliphatic carbocycles. The molecule has 0 fully saturated rings. The number of rotatable bonds is 5. The van der Waals surface area contributed by atoms with Crippen LogP contribution < -0.4 is 5.32 Å². The summed E-state index contributed by atoms with van der Waals surface area (Å²) in [4.78, 5) is 23.1. The molecule has 6 heteroatoms. The highest BCUT2D eigenvalue weighted by molar-refractivity contribution is 5.79. The van der Waals surface area contributed by atoms with Crippen molar-refractivity contribution in [1.29, 1.82) is 0 Å². The highest BCUT2D eigenvalue weighted by Gasteiger charge is 2.27. The molecule has 0 rings (SSSR count). The van der Waals surface area contributed by atoms with E-state index in [9.17, 15) is 9.59 Å². The minimum absolute atomic E-state index is 0.274. The van der Waals surface area contributed by atoms with E-state index in [4.69, 9.17) is 5.11 Å². The molecule has 14 heavy (non-hydrogen) atoms. The van der Waals surface area contributed by atoms with E-state index in [1.807, 2.05) is 0 Å². The van der Waals surface area contributed by atoms with Gasteiger partial charge in [0, 0.05) is 6.54 Å². The molecule has 1 atom stereocenters. The molecular weight excluding hydrogens is 188 g/mol. The molecule has 0 aliphatic rings. The van der Waals surface area contributed by atoms with E-state index in [0.29, 0.717) is 6.54 Å². The quantitative estimate of drug-likeness (QED) is 0.621. The Morgan fingerprint density at radius 3 is 2.36 bits per heavy atom. The summed E-state index contributed by atoms with van der Waals surface area (Å²) in [5, 5.41) is 11.5. The number of ether oxygens (including phenoxy) is 1. The van der Waals surface area contributed by atoms with Crippen LogP contribution in [0.3, 0.4) is 0 Å². The number of nitrogens with zero attached hydrogens (tertiary/aromatic N) is 1. The van der Waals surface area contributed by atoms with Crippen molar-refractivity contribution in [2.75, 3.05) is 20.2 Å². The Bertz CT molecular complexity index is 208. The van der Waals surface area contributed by atoms with E-state index in [2.05, 4.69) is 10.1 Å². The monoisotopic (exact) mass is 204 g/mol. The van der Waals surface area contributed by atoms with E-state index in [1.54, 1.807) is 13.8 Å². The number of amides is 1. The fourth-order valence-corrected chi connectivity index (χ4v) is 1.06. The molecule has 1 amide bonds. The van der Waals surface area contributed by atoms with Crippen molar-refractivity contribution in [3.05, 3.63) is 0 Å². The standard InChI is InChI=1S/C8H16N2O4/c1-4-9-6(7(11)12)10(5-2)8(13)14-3/h6,9H,4-5H2,1-3H3,(H,11,12). The number of methoxy groups -OCH3 is 1. The first kappa shape index (κ1) is 12.7. The minimum Gasteiger partial charge on any atom is -0.479 e. The molecule has 0 bridgehead atoms. The fraction of sp³-hybridized carbons (Fsp3) is 0.750. The topological polar surface area (TPSA) is 78.9 Å². The number of hydrogen-bond acceptors (Lipinski definition) is 4. The normalized spacial score (nSPS) is 11.9. The zero-order valence-corrected chi connectivity index (χ0v) is 8.61. The summed E-state index contributed by atoms with van der Waals surface area (Å²) in [6.45, 7) is 4.19. The summed E-state index contributed by atoms with van der Waals surface area (Å²) >= 11 is 0. The second kappa shape index (κ2) is 6.20. The SMILES string of the molecule is CCNC(C(=O)O)N(CC)C(=O)OC. The highest BCUT2D eigenvalue weighted by Crippen LogP contribution is 1.99. The summed E-state index contributed by atoms with van der Waals surface area (Å²) in [6, 6.07) is 0.